The van der Waals surface area contributed by atoms with Crippen LogP contribution in [0.15, 0.2) is 24.3 Å². The molecule has 1 aromatic carbocycles. The molecule has 1 heterocycles. The maximum Gasteiger partial charge on any atom is 0.168 e. The van der Waals surface area contributed by atoms with Gasteiger partial charge in [0, 0.05) is 19.6 Å². The Morgan fingerprint density at radius 2 is 1.86 bits per heavy atom. The topological polar surface area (TPSA) is 24.5 Å². The monoisotopic (exact) mass is 306 g/mol. The van der Waals surface area contributed by atoms with Crippen LogP contribution < -0.4 is 10.1 Å². The third-order valence-electron chi connectivity index (χ3n) is 4.01. The van der Waals surface area contributed by atoms with Crippen LogP contribution in [-0.4, -0.2) is 36.8 Å². The van der Waals surface area contributed by atoms with Crippen molar-refractivity contribution in [3.8, 4) is 5.75 Å². The Morgan fingerprint density at radius 3 is 2.43 bits per heavy atom. The van der Waals surface area contributed by atoms with Crippen molar-refractivity contribution < 1.29 is 4.74 Å². The zero-order valence-electron chi connectivity index (χ0n) is 13.3. The Bertz CT molecular complexity index is 450. The molecule has 0 spiro atoms. The molecule has 116 valence electrons. The molecule has 21 heavy (non-hydrogen) atoms. The molecule has 0 saturated carbocycles. The number of likely N-dealkylation sites (tertiary alicyclic amines) is 1. The van der Waals surface area contributed by atoms with Gasteiger partial charge in [0.2, 0.25) is 0 Å². The first-order valence-electron chi connectivity index (χ1n) is 7.74. The molecule has 0 amide bonds. The number of benzene rings is 1. The second-order valence-corrected chi connectivity index (χ2v) is 6.57. The zero-order chi connectivity index (χ0) is 15.2. The van der Waals surface area contributed by atoms with Crippen molar-refractivity contribution >= 4 is 17.3 Å². The van der Waals surface area contributed by atoms with Crippen molar-refractivity contribution in [2.24, 2.45) is 11.8 Å². The number of ether oxygens (including phenoxy) is 1. The highest BCUT2D eigenvalue weighted by Crippen LogP contribution is 2.20. The summed E-state index contributed by atoms with van der Waals surface area (Å²) in [6.07, 6.45) is 2.29. The van der Waals surface area contributed by atoms with Crippen LogP contribution in [0.5, 0.6) is 5.75 Å². The lowest BCUT2D eigenvalue weighted by molar-refractivity contribution is 0.212. The second-order valence-electron chi connectivity index (χ2n) is 6.18. The van der Waals surface area contributed by atoms with E-state index in [2.05, 4.69) is 36.2 Å². The fourth-order valence-corrected chi connectivity index (χ4v) is 3.30. The Kier molecular flexibility index (Phi) is 5.85. The van der Waals surface area contributed by atoms with Crippen molar-refractivity contribution in [1.82, 2.24) is 10.2 Å². The standard InChI is InChI=1S/C17H26N2OS/c1-13-10-14(2)12-19(11-13)17(21)18-9-8-15-4-6-16(20-3)7-5-15/h4-7,13-14H,8-12H2,1-3H3,(H,18,21). The average molecular weight is 306 g/mol. The van der Waals surface area contributed by atoms with E-state index in [0.29, 0.717) is 0 Å². The van der Waals surface area contributed by atoms with E-state index in [9.17, 15) is 0 Å². The molecule has 1 aliphatic rings. The molecule has 1 N–H and O–H groups in total. The van der Waals surface area contributed by atoms with Gasteiger partial charge in [-0.3, -0.25) is 0 Å². The molecule has 2 atom stereocenters. The Labute approximate surface area is 133 Å². The van der Waals surface area contributed by atoms with Crippen molar-refractivity contribution in [2.75, 3.05) is 26.7 Å². The summed E-state index contributed by atoms with van der Waals surface area (Å²) < 4.78 is 5.17. The van der Waals surface area contributed by atoms with Gasteiger partial charge in [-0.25, -0.2) is 0 Å². The van der Waals surface area contributed by atoms with Crippen LogP contribution >= 0.6 is 12.2 Å². The normalized spacial score (nSPS) is 22.0. The van der Waals surface area contributed by atoms with Crippen LogP contribution in [-0.2, 0) is 6.42 Å². The summed E-state index contributed by atoms with van der Waals surface area (Å²) in [6, 6.07) is 8.21. The van der Waals surface area contributed by atoms with Crippen LogP contribution in [0.4, 0.5) is 0 Å². The number of piperidine rings is 1. The van der Waals surface area contributed by atoms with E-state index >= 15 is 0 Å². The number of hydrogen-bond acceptors (Lipinski definition) is 2. The Balaban J connectivity index is 1.75. The van der Waals surface area contributed by atoms with E-state index in [1.807, 2.05) is 12.1 Å². The number of nitrogens with one attached hydrogen (secondary N) is 1. The van der Waals surface area contributed by atoms with Crippen molar-refractivity contribution in [2.45, 2.75) is 26.7 Å². The van der Waals surface area contributed by atoms with Gasteiger partial charge in [0.05, 0.1) is 7.11 Å². The second kappa shape index (κ2) is 7.64. The molecule has 2 rings (SSSR count). The van der Waals surface area contributed by atoms with Gasteiger partial charge in [0.15, 0.2) is 5.11 Å². The van der Waals surface area contributed by atoms with Crippen LogP contribution in [0.3, 0.4) is 0 Å². The highest BCUT2D eigenvalue weighted by Gasteiger charge is 2.23. The van der Waals surface area contributed by atoms with Crippen LogP contribution in [0.25, 0.3) is 0 Å². The summed E-state index contributed by atoms with van der Waals surface area (Å²) in [4.78, 5) is 2.32. The van der Waals surface area contributed by atoms with E-state index in [4.69, 9.17) is 17.0 Å². The van der Waals surface area contributed by atoms with Crippen molar-refractivity contribution in [3.63, 3.8) is 0 Å². The maximum absolute atomic E-state index is 5.53. The van der Waals surface area contributed by atoms with Gasteiger partial charge >= 0.3 is 0 Å². The maximum atomic E-state index is 5.53. The summed E-state index contributed by atoms with van der Waals surface area (Å²) in [5.41, 5.74) is 1.30. The summed E-state index contributed by atoms with van der Waals surface area (Å²) in [6.45, 7) is 7.66. The number of hydrogen-bond donors (Lipinski definition) is 1. The summed E-state index contributed by atoms with van der Waals surface area (Å²) in [5, 5.41) is 4.30. The van der Waals surface area contributed by atoms with Gasteiger partial charge in [0.25, 0.3) is 0 Å². The smallest absolute Gasteiger partial charge is 0.168 e. The molecule has 0 bridgehead atoms. The first-order valence-corrected chi connectivity index (χ1v) is 8.15. The van der Waals surface area contributed by atoms with Crippen molar-refractivity contribution in [3.05, 3.63) is 29.8 Å². The molecule has 0 aliphatic carbocycles. The highest BCUT2D eigenvalue weighted by molar-refractivity contribution is 7.80. The summed E-state index contributed by atoms with van der Waals surface area (Å²) in [7, 11) is 1.69. The van der Waals surface area contributed by atoms with E-state index < -0.39 is 0 Å². The van der Waals surface area contributed by atoms with E-state index in [0.717, 1.165) is 48.8 Å². The molecule has 1 aliphatic heterocycles. The molecule has 0 aromatic heterocycles. The average Bonchev–Trinajstić information content (AvgIpc) is 2.47. The molecule has 1 saturated heterocycles. The van der Waals surface area contributed by atoms with Gasteiger partial charge in [-0.15, -0.1) is 0 Å². The fraction of sp³-hybridized carbons (Fsp3) is 0.588. The minimum atomic E-state index is 0.732. The number of methoxy groups -OCH3 is 1. The fourth-order valence-electron chi connectivity index (χ4n) is 3.05. The van der Waals surface area contributed by atoms with Gasteiger partial charge < -0.3 is 15.0 Å². The molecule has 1 aromatic rings. The quantitative estimate of drug-likeness (QED) is 0.864. The number of rotatable bonds is 4. The Hall–Kier alpha value is -1.29. The van der Waals surface area contributed by atoms with Gasteiger partial charge in [-0.05, 0) is 54.6 Å². The molecular weight excluding hydrogens is 280 g/mol. The molecule has 3 nitrogen and oxygen atoms in total. The van der Waals surface area contributed by atoms with Gasteiger partial charge in [0.1, 0.15) is 5.75 Å². The third-order valence-corrected chi connectivity index (χ3v) is 4.41. The number of nitrogens with zero attached hydrogens (tertiary/aromatic N) is 1. The number of thiocarbonyl (C=S) groups is 1. The summed E-state index contributed by atoms with van der Waals surface area (Å²) in [5.74, 6) is 2.36. The van der Waals surface area contributed by atoms with Crippen LogP contribution in [0.1, 0.15) is 25.8 Å². The lowest BCUT2D eigenvalue weighted by atomic mass is 9.92. The Morgan fingerprint density at radius 1 is 1.24 bits per heavy atom. The molecule has 2 unspecified atom stereocenters. The predicted molar refractivity (Wildman–Crippen MR) is 91.8 cm³/mol. The van der Waals surface area contributed by atoms with Crippen molar-refractivity contribution in [1.29, 1.82) is 0 Å². The van der Waals surface area contributed by atoms with E-state index in [1.54, 1.807) is 7.11 Å². The summed E-state index contributed by atoms with van der Waals surface area (Å²) >= 11 is 5.53. The molecular formula is C17H26N2OS. The SMILES string of the molecule is COc1ccc(CCNC(=S)N2CC(C)CC(C)C2)cc1. The van der Waals surface area contributed by atoms with E-state index in [-0.39, 0.29) is 0 Å². The zero-order valence-corrected chi connectivity index (χ0v) is 14.1. The lowest BCUT2D eigenvalue weighted by Gasteiger charge is -2.36. The predicted octanol–water partition coefficient (Wildman–Crippen LogP) is 3.09. The largest absolute Gasteiger partial charge is 0.497 e. The van der Waals surface area contributed by atoms with Crippen LogP contribution in [0, 0.1) is 11.8 Å². The lowest BCUT2D eigenvalue weighted by Crippen LogP contribution is -2.47. The first-order chi connectivity index (χ1) is 10.1. The minimum Gasteiger partial charge on any atom is -0.497 e. The molecule has 1 fully saturated rings. The van der Waals surface area contributed by atoms with E-state index in [1.165, 1.54) is 12.0 Å². The van der Waals surface area contributed by atoms with Gasteiger partial charge in [-0.1, -0.05) is 26.0 Å². The van der Waals surface area contributed by atoms with Crippen LogP contribution in [0.2, 0.25) is 0 Å². The molecule has 0 radical (unpaired) electrons. The third kappa shape index (κ3) is 4.88. The highest BCUT2D eigenvalue weighted by atomic mass is 32.1. The molecule has 4 heteroatoms. The van der Waals surface area contributed by atoms with Gasteiger partial charge in [-0.2, -0.15) is 0 Å². The first kappa shape index (κ1) is 16.1. The minimum absolute atomic E-state index is 0.732.